The Morgan fingerprint density at radius 1 is 1.33 bits per heavy atom. The van der Waals surface area contributed by atoms with Gasteiger partial charge in [0.2, 0.25) is 0 Å². The Labute approximate surface area is 92.8 Å². The van der Waals surface area contributed by atoms with E-state index in [1.54, 1.807) is 6.08 Å². The van der Waals surface area contributed by atoms with Crippen molar-refractivity contribution in [2.45, 2.75) is 6.42 Å². The Morgan fingerprint density at radius 2 is 1.93 bits per heavy atom. The van der Waals surface area contributed by atoms with E-state index in [0.717, 1.165) is 13.0 Å². The Hall–Kier alpha value is -0.930. The van der Waals surface area contributed by atoms with Crippen molar-refractivity contribution in [1.29, 1.82) is 0 Å². The van der Waals surface area contributed by atoms with Crippen LogP contribution in [0, 0.1) is 11.6 Å². The monoisotopic (exact) mass is 231 g/mol. The quantitative estimate of drug-likeness (QED) is 0.620. The van der Waals surface area contributed by atoms with Gasteiger partial charge in [-0.2, -0.15) is 0 Å². The second-order valence-electron chi connectivity index (χ2n) is 3.09. The first kappa shape index (κ1) is 12.1. The van der Waals surface area contributed by atoms with Crippen molar-refractivity contribution in [3.8, 4) is 0 Å². The van der Waals surface area contributed by atoms with Crippen LogP contribution >= 0.6 is 11.6 Å². The van der Waals surface area contributed by atoms with Crippen LogP contribution < -0.4 is 5.32 Å². The summed E-state index contributed by atoms with van der Waals surface area (Å²) in [5.41, 5.74) is 0.477. The Morgan fingerprint density at radius 3 is 2.47 bits per heavy atom. The number of nitrogens with one attached hydrogen (secondary N) is 1. The number of rotatable bonds is 4. The predicted molar refractivity (Wildman–Crippen MR) is 58.9 cm³/mol. The van der Waals surface area contributed by atoms with Gasteiger partial charge in [-0.3, -0.25) is 0 Å². The minimum atomic E-state index is -0.732. The molecule has 0 spiro atoms. The van der Waals surface area contributed by atoms with Gasteiger partial charge in [-0.1, -0.05) is 23.8 Å². The van der Waals surface area contributed by atoms with E-state index >= 15 is 0 Å². The van der Waals surface area contributed by atoms with E-state index in [-0.39, 0.29) is 0 Å². The molecule has 0 saturated carbocycles. The SMILES string of the molecule is CNCCC=Cc1cc(F)c(Cl)c(F)c1. The topological polar surface area (TPSA) is 12.0 Å². The van der Waals surface area contributed by atoms with Crippen LogP contribution in [0.2, 0.25) is 5.02 Å². The van der Waals surface area contributed by atoms with Crippen LogP contribution in [-0.2, 0) is 0 Å². The Bertz CT molecular complexity index is 341. The van der Waals surface area contributed by atoms with E-state index in [2.05, 4.69) is 5.32 Å². The predicted octanol–water partition coefficient (Wildman–Crippen LogP) is 3.24. The van der Waals surface area contributed by atoms with Crippen molar-refractivity contribution in [3.63, 3.8) is 0 Å². The third-order valence-electron chi connectivity index (χ3n) is 1.88. The normalized spacial score (nSPS) is 11.2. The molecule has 1 aromatic carbocycles. The van der Waals surface area contributed by atoms with E-state index in [1.165, 1.54) is 12.1 Å². The molecule has 0 radical (unpaired) electrons. The number of hydrogen-bond donors (Lipinski definition) is 1. The summed E-state index contributed by atoms with van der Waals surface area (Å²) in [5, 5.41) is 2.51. The Kier molecular flexibility index (Phi) is 4.72. The van der Waals surface area contributed by atoms with Crippen LogP contribution in [0.15, 0.2) is 18.2 Å². The van der Waals surface area contributed by atoms with E-state index in [1.807, 2.05) is 13.1 Å². The first-order chi connectivity index (χ1) is 7.15. The maximum absolute atomic E-state index is 13.0. The van der Waals surface area contributed by atoms with Crippen molar-refractivity contribution in [1.82, 2.24) is 5.32 Å². The Balaban J connectivity index is 2.74. The summed E-state index contributed by atoms with van der Waals surface area (Å²) in [4.78, 5) is 0. The molecular formula is C11H12ClF2N. The average molecular weight is 232 g/mol. The van der Waals surface area contributed by atoms with Crippen molar-refractivity contribution in [2.24, 2.45) is 0 Å². The van der Waals surface area contributed by atoms with Gasteiger partial charge in [-0.05, 0) is 37.7 Å². The molecule has 0 aliphatic rings. The number of benzene rings is 1. The molecule has 0 amide bonds. The molecule has 4 heteroatoms. The van der Waals surface area contributed by atoms with Gasteiger partial charge in [0.25, 0.3) is 0 Å². The van der Waals surface area contributed by atoms with Gasteiger partial charge in [0, 0.05) is 0 Å². The summed E-state index contributed by atoms with van der Waals surface area (Å²) in [7, 11) is 1.84. The van der Waals surface area contributed by atoms with Gasteiger partial charge >= 0.3 is 0 Å². The summed E-state index contributed by atoms with van der Waals surface area (Å²) in [6.45, 7) is 0.828. The van der Waals surface area contributed by atoms with Gasteiger partial charge in [-0.25, -0.2) is 8.78 Å². The highest BCUT2D eigenvalue weighted by Gasteiger charge is 2.06. The second kappa shape index (κ2) is 5.83. The lowest BCUT2D eigenvalue weighted by molar-refractivity contribution is 0.583. The van der Waals surface area contributed by atoms with Gasteiger partial charge in [-0.15, -0.1) is 0 Å². The minimum absolute atomic E-state index is 0.456. The lowest BCUT2D eigenvalue weighted by atomic mass is 10.2. The molecule has 0 atom stereocenters. The van der Waals surface area contributed by atoms with Crippen LogP contribution in [0.3, 0.4) is 0 Å². The van der Waals surface area contributed by atoms with Gasteiger partial charge in [0.05, 0.1) is 0 Å². The average Bonchev–Trinajstić information content (AvgIpc) is 2.21. The van der Waals surface area contributed by atoms with Crippen LogP contribution in [0.1, 0.15) is 12.0 Å². The molecule has 1 aromatic rings. The molecule has 0 aliphatic carbocycles. The van der Waals surface area contributed by atoms with Gasteiger partial charge < -0.3 is 5.32 Å². The van der Waals surface area contributed by atoms with Crippen molar-refractivity contribution >= 4 is 17.7 Å². The van der Waals surface area contributed by atoms with E-state index in [4.69, 9.17) is 11.6 Å². The standard InChI is InChI=1S/C11H12ClF2N/c1-15-5-3-2-4-8-6-9(13)11(12)10(14)7-8/h2,4,6-7,15H,3,5H2,1H3. The first-order valence-electron chi connectivity index (χ1n) is 4.61. The number of hydrogen-bond acceptors (Lipinski definition) is 1. The fourth-order valence-corrected chi connectivity index (χ4v) is 1.23. The van der Waals surface area contributed by atoms with Crippen LogP contribution in [0.25, 0.3) is 6.08 Å². The fraction of sp³-hybridized carbons (Fsp3) is 0.273. The molecule has 0 aliphatic heterocycles. The molecule has 1 nitrogen and oxygen atoms in total. The highest BCUT2D eigenvalue weighted by molar-refractivity contribution is 6.30. The highest BCUT2D eigenvalue weighted by Crippen LogP contribution is 2.21. The van der Waals surface area contributed by atoms with Crippen molar-refractivity contribution in [3.05, 3.63) is 40.4 Å². The maximum atomic E-state index is 13.0. The largest absolute Gasteiger partial charge is 0.319 e. The first-order valence-corrected chi connectivity index (χ1v) is 4.98. The molecule has 1 N–H and O–H groups in total. The molecule has 15 heavy (non-hydrogen) atoms. The summed E-state index contributed by atoms with van der Waals surface area (Å²) < 4.78 is 26.0. The molecule has 0 unspecified atom stereocenters. The molecule has 0 fully saturated rings. The summed E-state index contributed by atoms with van der Waals surface area (Å²) >= 11 is 5.35. The minimum Gasteiger partial charge on any atom is -0.319 e. The fourth-order valence-electron chi connectivity index (χ4n) is 1.12. The summed E-state index contributed by atoms with van der Waals surface area (Å²) in [5.74, 6) is -1.46. The van der Waals surface area contributed by atoms with E-state index in [0.29, 0.717) is 5.56 Å². The third-order valence-corrected chi connectivity index (χ3v) is 2.24. The zero-order chi connectivity index (χ0) is 11.3. The van der Waals surface area contributed by atoms with Crippen LogP contribution in [0.4, 0.5) is 8.78 Å². The summed E-state index contributed by atoms with van der Waals surface area (Å²) in [6, 6.07) is 2.42. The smallest absolute Gasteiger partial charge is 0.145 e. The van der Waals surface area contributed by atoms with Crippen LogP contribution in [0.5, 0.6) is 0 Å². The maximum Gasteiger partial charge on any atom is 0.145 e. The van der Waals surface area contributed by atoms with Crippen LogP contribution in [-0.4, -0.2) is 13.6 Å². The number of halogens is 3. The summed E-state index contributed by atoms with van der Waals surface area (Å²) in [6.07, 6.45) is 4.32. The zero-order valence-corrected chi connectivity index (χ0v) is 9.11. The van der Waals surface area contributed by atoms with E-state index in [9.17, 15) is 8.78 Å². The molecule has 0 saturated heterocycles. The van der Waals surface area contributed by atoms with E-state index < -0.39 is 16.7 Å². The molecule has 0 bridgehead atoms. The second-order valence-corrected chi connectivity index (χ2v) is 3.47. The lowest BCUT2D eigenvalue weighted by Gasteiger charge is -1.99. The third kappa shape index (κ3) is 3.61. The molecule has 0 aromatic heterocycles. The van der Waals surface area contributed by atoms with Gasteiger partial charge in [0.15, 0.2) is 0 Å². The van der Waals surface area contributed by atoms with Gasteiger partial charge in [0.1, 0.15) is 16.7 Å². The zero-order valence-electron chi connectivity index (χ0n) is 8.36. The molecule has 82 valence electrons. The molecular weight excluding hydrogens is 220 g/mol. The lowest BCUT2D eigenvalue weighted by Crippen LogP contribution is -2.05. The van der Waals surface area contributed by atoms with Crippen molar-refractivity contribution in [2.75, 3.05) is 13.6 Å². The molecule has 1 rings (SSSR count). The highest BCUT2D eigenvalue weighted by atomic mass is 35.5. The molecule has 0 heterocycles. The van der Waals surface area contributed by atoms with Crippen molar-refractivity contribution < 1.29 is 8.78 Å².